The molecule has 0 aromatic heterocycles. The van der Waals surface area contributed by atoms with Crippen molar-refractivity contribution in [3.8, 4) is 5.75 Å². The number of halogens is 1. The van der Waals surface area contributed by atoms with Gasteiger partial charge in [-0.25, -0.2) is 4.39 Å². The first-order valence-electron chi connectivity index (χ1n) is 7.37. The predicted octanol–water partition coefficient (Wildman–Crippen LogP) is 3.48. The molecule has 1 aromatic carbocycles. The van der Waals surface area contributed by atoms with Crippen molar-refractivity contribution in [3.05, 3.63) is 29.6 Å². The summed E-state index contributed by atoms with van der Waals surface area (Å²) in [5.41, 5.74) is -0.255. The topological polar surface area (TPSA) is 49.3 Å². The van der Waals surface area contributed by atoms with E-state index in [1.807, 2.05) is 0 Å². The third kappa shape index (κ3) is 3.50. The fourth-order valence-corrected chi connectivity index (χ4v) is 2.91. The SMILES string of the molecule is CCC1CCC(CNC(=O)c2c(O)cccc2F)CC1. The highest BCUT2D eigenvalue weighted by molar-refractivity contribution is 5.97. The zero-order valence-electron chi connectivity index (χ0n) is 11.9. The fourth-order valence-electron chi connectivity index (χ4n) is 2.91. The molecule has 0 spiro atoms. The Balaban J connectivity index is 1.87. The third-order valence-corrected chi connectivity index (χ3v) is 4.31. The van der Waals surface area contributed by atoms with Gasteiger partial charge in [-0.2, -0.15) is 0 Å². The molecule has 0 bridgehead atoms. The van der Waals surface area contributed by atoms with E-state index in [0.717, 1.165) is 18.8 Å². The van der Waals surface area contributed by atoms with E-state index in [-0.39, 0.29) is 11.3 Å². The van der Waals surface area contributed by atoms with Crippen LogP contribution in [0.3, 0.4) is 0 Å². The van der Waals surface area contributed by atoms with Crippen LogP contribution in [-0.2, 0) is 0 Å². The van der Waals surface area contributed by atoms with Gasteiger partial charge >= 0.3 is 0 Å². The normalized spacial score (nSPS) is 22.5. The van der Waals surface area contributed by atoms with E-state index in [9.17, 15) is 14.3 Å². The summed E-state index contributed by atoms with van der Waals surface area (Å²) in [5.74, 6) is -0.235. The summed E-state index contributed by atoms with van der Waals surface area (Å²) in [6, 6.07) is 3.89. The van der Waals surface area contributed by atoms with Crippen molar-refractivity contribution in [2.75, 3.05) is 6.54 Å². The lowest BCUT2D eigenvalue weighted by molar-refractivity contribution is 0.0934. The monoisotopic (exact) mass is 279 g/mol. The minimum Gasteiger partial charge on any atom is -0.507 e. The molecule has 0 unspecified atom stereocenters. The Kier molecular flexibility index (Phi) is 4.99. The van der Waals surface area contributed by atoms with Gasteiger partial charge in [0.1, 0.15) is 17.1 Å². The van der Waals surface area contributed by atoms with Crippen molar-refractivity contribution in [1.82, 2.24) is 5.32 Å². The molecule has 2 N–H and O–H groups in total. The summed E-state index contributed by atoms with van der Waals surface area (Å²) >= 11 is 0. The van der Waals surface area contributed by atoms with E-state index < -0.39 is 11.7 Å². The van der Waals surface area contributed by atoms with E-state index in [0.29, 0.717) is 12.5 Å². The number of phenols is 1. The van der Waals surface area contributed by atoms with Crippen LogP contribution in [0.5, 0.6) is 5.75 Å². The Morgan fingerprint density at radius 3 is 2.55 bits per heavy atom. The van der Waals surface area contributed by atoms with Gasteiger partial charge in [0, 0.05) is 6.54 Å². The zero-order chi connectivity index (χ0) is 14.5. The van der Waals surface area contributed by atoms with Gasteiger partial charge in [0.25, 0.3) is 5.91 Å². The van der Waals surface area contributed by atoms with Crippen LogP contribution >= 0.6 is 0 Å². The number of carbonyl (C=O) groups is 1. The highest BCUT2D eigenvalue weighted by Crippen LogP contribution is 2.30. The van der Waals surface area contributed by atoms with Crippen LogP contribution in [0.2, 0.25) is 0 Å². The largest absolute Gasteiger partial charge is 0.507 e. The quantitative estimate of drug-likeness (QED) is 0.886. The van der Waals surface area contributed by atoms with Gasteiger partial charge in [-0.05, 0) is 36.8 Å². The summed E-state index contributed by atoms with van der Waals surface area (Å²) in [6.45, 7) is 2.77. The summed E-state index contributed by atoms with van der Waals surface area (Å²) in [6.07, 6.45) is 5.87. The molecular weight excluding hydrogens is 257 g/mol. The maximum atomic E-state index is 13.5. The van der Waals surface area contributed by atoms with E-state index >= 15 is 0 Å². The molecule has 0 aliphatic heterocycles. The molecule has 1 amide bonds. The molecular formula is C16H22FNO2. The number of benzene rings is 1. The third-order valence-electron chi connectivity index (χ3n) is 4.31. The number of hydrogen-bond donors (Lipinski definition) is 2. The van der Waals surface area contributed by atoms with Crippen LogP contribution in [0.1, 0.15) is 49.4 Å². The average Bonchev–Trinajstić information content (AvgIpc) is 2.45. The number of rotatable bonds is 4. The lowest BCUT2D eigenvalue weighted by Gasteiger charge is -2.27. The lowest BCUT2D eigenvalue weighted by atomic mass is 9.81. The Morgan fingerprint density at radius 1 is 1.30 bits per heavy atom. The summed E-state index contributed by atoms with van der Waals surface area (Å²) in [4.78, 5) is 11.9. The minimum absolute atomic E-state index is 0.255. The molecule has 1 aliphatic carbocycles. The number of aromatic hydroxyl groups is 1. The summed E-state index contributed by atoms with van der Waals surface area (Å²) in [7, 11) is 0. The summed E-state index contributed by atoms with van der Waals surface area (Å²) in [5, 5.41) is 12.3. The van der Waals surface area contributed by atoms with Gasteiger partial charge in [-0.1, -0.05) is 32.3 Å². The van der Waals surface area contributed by atoms with Crippen LogP contribution in [0, 0.1) is 17.7 Å². The molecule has 20 heavy (non-hydrogen) atoms. The number of phenolic OH excluding ortho intramolecular Hbond substituents is 1. The second-order valence-electron chi connectivity index (χ2n) is 5.64. The fraction of sp³-hybridized carbons (Fsp3) is 0.562. The molecule has 4 heteroatoms. The van der Waals surface area contributed by atoms with Crippen molar-refractivity contribution in [2.45, 2.75) is 39.0 Å². The molecule has 1 saturated carbocycles. The highest BCUT2D eigenvalue weighted by atomic mass is 19.1. The second kappa shape index (κ2) is 6.73. The molecule has 0 heterocycles. The maximum absolute atomic E-state index is 13.5. The standard InChI is InChI=1S/C16H22FNO2/c1-2-11-6-8-12(9-7-11)10-18-16(20)15-13(17)4-3-5-14(15)19/h3-5,11-12,19H,2,6-10H2,1H3,(H,18,20). The Bertz CT molecular complexity index is 447. The van der Waals surface area contributed by atoms with Gasteiger partial charge < -0.3 is 10.4 Å². The van der Waals surface area contributed by atoms with Gasteiger partial charge in [-0.3, -0.25) is 4.79 Å². The first-order chi connectivity index (χ1) is 9.61. The van der Waals surface area contributed by atoms with Crippen molar-refractivity contribution in [2.24, 2.45) is 11.8 Å². The van der Waals surface area contributed by atoms with Gasteiger partial charge in [-0.15, -0.1) is 0 Å². The first-order valence-corrected chi connectivity index (χ1v) is 7.37. The van der Waals surface area contributed by atoms with Gasteiger partial charge in [0.2, 0.25) is 0 Å². The second-order valence-corrected chi connectivity index (χ2v) is 5.64. The van der Waals surface area contributed by atoms with Crippen molar-refractivity contribution >= 4 is 5.91 Å². The first kappa shape index (κ1) is 14.8. The smallest absolute Gasteiger partial charge is 0.258 e. The number of hydrogen-bond acceptors (Lipinski definition) is 2. The van der Waals surface area contributed by atoms with E-state index in [4.69, 9.17) is 0 Å². The number of carbonyl (C=O) groups excluding carboxylic acids is 1. The number of nitrogens with one attached hydrogen (secondary N) is 1. The van der Waals surface area contributed by atoms with E-state index in [1.165, 1.54) is 37.5 Å². The van der Waals surface area contributed by atoms with Gasteiger partial charge in [0.15, 0.2) is 0 Å². The van der Waals surface area contributed by atoms with E-state index in [1.54, 1.807) is 0 Å². The van der Waals surface area contributed by atoms with Crippen LogP contribution < -0.4 is 5.32 Å². The van der Waals surface area contributed by atoms with Crippen molar-refractivity contribution < 1.29 is 14.3 Å². The van der Waals surface area contributed by atoms with Crippen molar-refractivity contribution in [1.29, 1.82) is 0 Å². The van der Waals surface area contributed by atoms with E-state index in [2.05, 4.69) is 12.2 Å². The predicted molar refractivity (Wildman–Crippen MR) is 76.1 cm³/mol. The Hall–Kier alpha value is -1.58. The maximum Gasteiger partial charge on any atom is 0.258 e. The Morgan fingerprint density at radius 2 is 1.95 bits per heavy atom. The molecule has 3 nitrogen and oxygen atoms in total. The number of amides is 1. The zero-order valence-corrected chi connectivity index (χ0v) is 11.9. The molecule has 0 saturated heterocycles. The van der Waals surface area contributed by atoms with Crippen LogP contribution in [0.4, 0.5) is 4.39 Å². The molecule has 2 rings (SSSR count). The van der Waals surface area contributed by atoms with Crippen LogP contribution in [0.15, 0.2) is 18.2 Å². The van der Waals surface area contributed by atoms with Gasteiger partial charge in [0.05, 0.1) is 0 Å². The van der Waals surface area contributed by atoms with Crippen LogP contribution in [0.25, 0.3) is 0 Å². The highest BCUT2D eigenvalue weighted by Gasteiger charge is 2.22. The van der Waals surface area contributed by atoms with Crippen LogP contribution in [-0.4, -0.2) is 17.6 Å². The lowest BCUT2D eigenvalue weighted by Crippen LogP contribution is -2.31. The molecule has 0 radical (unpaired) electrons. The summed E-state index contributed by atoms with van der Waals surface area (Å²) < 4.78 is 13.5. The van der Waals surface area contributed by atoms with Crippen molar-refractivity contribution in [3.63, 3.8) is 0 Å². The average molecular weight is 279 g/mol. The molecule has 1 aliphatic rings. The molecule has 0 atom stereocenters. The Labute approximate surface area is 119 Å². The molecule has 110 valence electrons. The molecule has 1 aromatic rings. The minimum atomic E-state index is -0.683. The molecule has 1 fully saturated rings.